The van der Waals surface area contributed by atoms with Gasteiger partial charge in [-0.15, -0.1) is 0 Å². The molecular formula is C24H33BO3. The molecular weight excluding hydrogens is 347 g/mol. The molecule has 0 bridgehead atoms. The summed E-state index contributed by atoms with van der Waals surface area (Å²) in [4.78, 5) is 0. The lowest BCUT2D eigenvalue weighted by Crippen LogP contribution is -2.36. The Labute approximate surface area is 169 Å². The van der Waals surface area contributed by atoms with Gasteiger partial charge in [-0.2, -0.15) is 0 Å². The number of aromatic hydroxyl groups is 1. The van der Waals surface area contributed by atoms with E-state index in [0.29, 0.717) is 12.4 Å². The quantitative estimate of drug-likeness (QED) is 0.513. The molecule has 1 saturated heterocycles. The highest BCUT2D eigenvalue weighted by atomic mass is 16.5. The Kier molecular flexibility index (Phi) is 5.81. The van der Waals surface area contributed by atoms with Crippen molar-refractivity contribution in [1.82, 2.24) is 0 Å². The van der Waals surface area contributed by atoms with Crippen molar-refractivity contribution in [1.29, 1.82) is 0 Å². The number of ether oxygens (including phenoxy) is 1. The van der Waals surface area contributed by atoms with Crippen molar-refractivity contribution in [2.24, 2.45) is 5.41 Å². The summed E-state index contributed by atoms with van der Waals surface area (Å²) in [5, 5.41) is 12.6. The number of phenols is 1. The lowest BCUT2D eigenvalue weighted by molar-refractivity contribution is 0.0375. The molecule has 3 rings (SSSR count). The van der Waals surface area contributed by atoms with Crippen LogP contribution < -0.4 is 5.46 Å². The molecule has 150 valence electrons. The molecule has 3 nitrogen and oxygen atoms in total. The van der Waals surface area contributed by atoms with E-state index in [9.17, 15) is 5.11 Å². The summed E-state index contributed by atoms with van der Waals surface area (Å²) >= 11 is 0. The molecule has 2 aromatic carbocycles. The number of fused-ring (bicyclic) bond motifs is 1. The third-order valence-electron chi connectivity index (χ3n) is 6.44. The van der Waals surface area contributed by atoms with Gasteiger partial charge in [-0.25, -0.2) is 0 Å². The van der Waals surface area contributed by atoms with E-state index < -0.39 is 0 Å². The monoisotopic (exact) mass is 380 g/mol. The van der Waals surface area contributed by atoms with Gasteiger partial charge in [0, 0.05) is 6.42 Å². The topological polar surface area (TPSA) is 38.7 Å². The summed E-state index contributed by atoms with van der Waals surface area (Å²) < 4.78 is 12.0. The number of allylic oxidation sites excluding steroid dienone is 1. The first kappa shape index (κ1) is 20.8. The minimum atomic E-state index is -0.209. The Bertz CT molecular complexity index is 854. The van der Waals surface area contributed by atoms with Crippen LogP contribution in [0.25, 0.3) is 10.8 Å². The van der Waals surface area contributed by atoms with Gasteiger partial charge in [-0.05, 0) is 79.3 Å². The summed E-state index contributed by atoms with van der Waals surface area (Å²) in [6.07, 6.45) is 3.73. The second-order valence-electron chi connectivity index (χ2n) is 9.08. The fourth-order valence-electron chi connectivity index (χ4n) is 4.18. The number of hydrogen-bond donors (Lipinski definition) is 1. The highest BCUT2D eigenvalue weighted by molar-refractivity contribution is 6.71. The lowest BCUT2D eigenvalue weighted by atomic mass is 9.53. The predicted octanol–water partition coefficient (Wildman–Crippen LogP) is 5.45. The van der Waals surface area contributed by atoms with Crippen molar-refractivity contribution in [2.45, 2.75) is 65.8 Å². The van der Waals surface area contributed by atoms with Crippen molar-refractivity contribution < 1.29 is 14.5 Å². The summed E-state index contributed by atoms with van der Waals surface area (Å²) in [6.45, 7) is 15.5. The maximum absolute atomic E-state index is 10.3. The smallest absolute Gasteiger partial charge is 0.328 e. The van der Waals surface area contributed by atoms with Crippen LogP contribution in [-0.2, 0) is 15.8 Å². The summed E-state index contributed by atoms with van der Waals surface area (Å²) in [5.74, 6) is 1.15. The highest BCUT2D eigenvalue weighted by Gasteiger charge is 2.50. The first-order chi connectivity index (χ1) is 13.1. The molecule has 1 N–H and O–H groups in total. The Morgan fingerprint density at radius 1 is 1.25 bits per heavy atom. The molecule has 0 unspecified atom stereocenters. The zero-order valence-corrected chi connectivity index (χ0v) is 18.0. The van der Waals surface area contributed by atoms with Gasteiger partial charge < -0.3 is 14.5 Å². The number of benzene rings is 2. The van der Waals surface area contributed by atoms with E-state index in [-0.39, 0.29) is 17.9 Å². The Morgan fingerprint density at radius 3 is 2.64 bits per heavy atom. The van der Waals surface area contributed by atoms with Gasteiger partial charge in [0.2, 0.25) is 0 Å². The van der Waals surface area contributed by atoms with Crippen molar-refractivity contribution >= 4 is 23.2 Å². The van der Waals surface area contributed by atoms with Crippen LogP contribution in [0, 0.1) is 5.41 Å². The number of rotatable bonds is 7. The van der Waals surface area contributed by atoms with E-state index in [1.54, 1.807) is 0 Å². The first-order valence-corrected chi connectivity index (χ1v) is 10.4. The third-order valence-corrected chi connectivity index (χ3v) is 6.44. The van der Waals surface area contributed by atoms with E-state index in [4.69, 9.17) is 9.39 Å². The van der Waals surface area contributed by atoms with Gasteiger partial charge in [0.25, 0.3) is 0 Å². The van der Waals surface area contributed by atoms with Gasteiger partial charge in [-0.1, -0.05) is 38.6 Å². The number of hydrogen-bond acceptors (Lipinski definition) is 3. The van der Waals surface area contributed by atoms with Crippen LogP contribution in [0.15, 0.2) is 42.7 Å². The average molecular weight is 380 g/mol. The van der Waals surface area contributed by atoms with Crippen LogP contribution in [0.3, 0.4) is 0 Å². The molecule has 0 spiro atoms. The van der Waals surface area contributed by atoms with Crippen LogP contribution in [-0.4, -0.2) is 24.2 Å². The summed E-state index contributed by atoms with van der Waals surface area (Å²) in [6, 6.07) is 10.1. The minimum Gasteiger partial charge on any atom is -0.508 e. The van der Waals surface area contributed by atoms with E-state index in [2.05, 4.69) is 52.5 Å². The van der Waals surface area contributed by atoms with Gasteiger partial charge in [0.1, 0.15) is 5.75 Å². The van der Waals surface area contributed by atoms with Gasteiger partial charge in [0.05, 0.1) is 18.0 Å². The zero-order chi connectivity index (χ0) is 20.5. The van der Waals surface area contributed by atoms with E-state index in [1.807, 2.05) is 19.1 Å². The van der Waals surface area contributed by atoms with Gasteiger partial charge >= 0.3 is 6.92 Å². The van der Waals surface area contributed by atoms with Crippen molar-refractivity contribution in [3.8, 4) is 5.75 Å². The molecule has 0 radical (unpaired) electrons. The molecule has 1 aliphatic heterocycles. The summed E-state index contributed by atoms with van der Waals surface area (Å²) in [5.41, 5.74) is 2.26. The maximum atomic E-state index is 10.3. The van der Waals surface area contributed by atoms with Crippen molar-refractivity contribution in [3.63, 3.8) is 0 Å². The van der Waals surface area contributed by atoms with Gasteiger partial charge in [0.15, 0.2) is 0 Å². The maximum Gasteiger partial charge on any atom is 0.328 e. The Morgan fingerprint density at radius 2 is 2.00 bits per heavy atom. The normalized spacial score (nSPS) is 17.8. The molecule has 1 fully saturated rings. The molecule has 0 aliphatic carbocycles. The van der Waals surface area contributed by atoms with E-state index in [1.165, 1.54) is 10.9 Å². The Hall–Kier alpha value is -1.94. The number of phenolic OH excluding ortho intramolecular Hbond substituents is 1. The average Bonchev–Trinajstić information content (AvgIpc) is 2.82. The lowest BCUT2D eigenvalue weighted by Gasteiger charge is -2.34. The third kappa shape index (κ3) is 4.07. The SMILES string of the molecule is C=C(CCCc1cccc2cc(O)cc(B3CC(C)(C)C(C)(C)O3)c12)OCC. The Balaban J connectivity index is 1.95. The minimum absolute atomic E-state index is 0.0147. The molecule has 0 atom stereocenters. The largest absolute Gasteiger partial charge is 0.508 e. The fourth-order valence-corrected chi connectivity index (χ4v) is 4.18. The molecule has 1 aliphatic rings. The fraction of sp³-hybridized carbons (Fsp3) is 0.500. The second kappa shape index (κ2) is 7.83. The van der Waals surface area contributed by atoms with E-state index in [0.717, 1.165) is 42.2 Å². The highest BCUT2D eigenvalue weighted by Crippen LogP contribution is 2.45. The van der Waals surface area contributed by atoms with Crippen LogP contribution in [0.4, 0.5) is 0 Å². The number of aryl methyl sites for hydroxylation is 1. The molecule has 1 heterocycles. The van der Waals surface area contributed by atoms with Crippen molar-refractivity contribution in [3.05, 3.63) is 48.2 Å². The molecule has 0 saturated carbocycles. The zero-order valence-electron chi connectivity index (χ0n) is 18.0. The van der Waals surface area contributed by atoms with Crippen LogP contribution in [0.5, 0.6) is 5.75 Å². The van der Waals surface area contributed by atoms with Crippen LogP contribution in [0.1, 0.15) is 53.0 Å². The molecule has 0 aromatic heterocycles. The van der Waals surface area contributed by atoms with Crippen LogP contribution >= 0.6 is 0 Å². The van der Waals surface area contributed by atoms with Crippen LogP contribution in [0.2, 0.25) is 6.32 Å². The van der Waals surface area contributed by atoms with Gasteiger partial charge in [-0.3, -0.25) is 0 Å². The van der Waals surface area contributed by atoms with Crippen molar-refractivity contribution in [2.75, 3.05) is 6.61 Å². The molecule has 4 heteroatoms. The molecule has 2 aromatic rings. The predicted molar refractivity (Wildman–Crippen MR) is 118 cm³/mol. The first-order valence-electron chi connectivity index (χ1n) is 10.4. The summed E-state index contributed by atoms with van der Waals surface area (Å²) in [7, 11) is 0. The van der Waals surface area contributed by atoms with E-state index >= 15 is 0 Å². The standard InChI is InChI=1S/C24H33BO3/c1-7-27-17(2)10-8-11-18-12-9-13-19-14-20(26)15-21(22(18)19)25-16-23(3,4)24(5,6)28-25/h9,12-15,26H,2,7-8,10-11,16H2,1,3-6H3. The molecule has 0 amide bonds. The second-order valence-corrected chi connectivity index (χ2v) is 9.08. The molecule has 28 heavy (non-hydrogen) atoms.